The van der Waals surface area contributed by atoms with Crippen LogP contribution in [0.2, 0.25) is 0 Å². The number of H-pyrrole nitrogens is 1. The van der Waals surface area contributed by atoms with E-state index in [2.05, 4.69) is 14.7 Å². The Hall–Kier alpha value is -1.89. The van der Waals surface area contributed by atoms with Crippen LogP contribution in [0.4, 0.5) is 5.82 Å². The second-order valence-electron chi connectivity index (χ2n) is 4.41. The van der Waals surface area contributed by atoms with Crippen molar-refractivity contribution in [2.75, 3.05) is 31.7 Å². The van der Waals surface area contributed by atoms with Crippen molar-refractivity contribution in [3.05, 3.63) is 22.2 Å². The fourth-order valence-electron chi connectivity index (χ4n) is 2.05. The highest BCUT2D eigenvalue weighted by Crippen LogP contribution is 2.15. The first-order valence-electron chi connectivity index (χ1n) is 6.10. The number of ether oxygens (including phenoxy) is 2. The van der Waals surface area contributed by atoms with Gasteiger partial charge < -0.3 is 19.4 Å². The van der Waals surface area contributed by atoms with Crippen LogP contribution in [0.1, 0.15) is 12.2 Å². The molecule has 1 fully saturated rings. The lowest BCUT2D eigenvalue weighted by Crippen LogP contribution is -2.44. The van der Waals surface area contributed by atoms with Gasteiger partial charge in [-0.15, -0.1) is 0 Å². The van der Waals surface area contributed by atoms with Crippen molar-refractivity contribution < 1.29 is 14.3 Å². The molecule has 0 saturated carbocycles. The van der Waals surface area contributed by atoms with Gasteiger partial charge in [0.15, 0.2) is 0 Å². The third-order valence-electron chi connectivity index (χ3n) is 2.93. The maximum atomic E-state index is 11.4. The fourth-order valence-corrected chi connectivity index (χ4v) is 2.05. The molecule has 0 spiro atoms. The van der Waals surface area contributed by atoms with E-state index < -0.39 is 0 Å². The molecule has 1 unspecified atom stereocenters. The summed E-state index contributed by atoms with van der Waals surface area (Å²) in [4.78, 5) is 31.5. The lowest BCUT2D eigenvalue weighted by Gasteiger charge is -2.33. The molecule has 1 aromatic rings. The van der Waals surface area contributed by atoms with Crippen molar-refractivity contribution in [1.29, 1.82) is 0 Å². The van der Waals surface area contributed by atoms with Gasteiger partial charge in [0.05, 0.1) is 26.2 Å². The number of aryl methyl sites for hydroxylation is 1. The van der Waals surface area contributed by atoms with Gasteiger partial charge in [-0.05, 0) is 6.92 Å². The molecule has 0 amide bonds. The fraction of sp³-hybridized carbons (Fsp3) is 0.583. The van der Waals surface area contributed by atoms with Gasteiger partial charge in [-0.2, -0.15) is 0 Å². The molecule has 1 aliphatic heterocycles. The van der Waals surface area contributed by atoms with Crippen LogP contribution in [0.15, 0.2) is 10.9 Å². The number of anilines is 1. The van der Waals surface area contributed by atoms with Gasteiger partial charge in [0.1, 0.15) is 11.6 Å². The highest BCUT2D eigenvalue weighted by Gasteiger charge is 2.24. The highest BCUT2D eigenvalue weighted by atomic mass is 16.5. The van der Waals surface area contributed by atoms with E-state index >= 15 is 0 Å². The molecule has 0 bridgehead atoms. The Morgan fingerprint density at radius 2 is 2.47 bits per heavy atom. The van der Waals surface area contributed by atoms with Crippen LogP contribution in [0.25, 0.3) is 0 Å². The highest BCUT2D eigenvalue weighted by molar-refractivity contribution is 5.69. The Morgan fingerprint density at radius 3 is 3.16 bits per heavy atom. The minimum Gasteiger partial charge on any atom is -0.469 e. The smallest absolute Gasteiger partial charge is 0.308 e. The van der Waals surface area contributed by atoms with Crippen LogP contribution in [-0.2, 0) is 14.3 Å². The van der Waals surface area contributed by atoms with E-state index in [1.165, 1.54) is 13.2 Å². The van der Waals surface area contributed by atoms with Gasteiger partial charge in [-0.25, -0.2) is 4.98 Å². The Kier molecular flexibility index (Phi) is 4.16. The molecular formula is C12H17N3O4. The van der Waals surface area contributed by atoms with Crippen LogP contribution in [0, 0.1) is 6.92 Å². The van der Waals surface area contributed by atoms with Gasteiger partial charge in [0, 0.05) is 19.2 Å². The summed E-state index contributed by atoms with van der Waals surface area (Å²) in [7, 11) is 1.35. The number of aromatic nitrogens is 2. The van der Waals surface area contributed by atoms with Crippen molar-refractivity contribution in [1.82, 2.24) is 9.97 Å². The average molecular weight is 267 g/mol. The van der Waals surface area contributed by atoms with Gasteiger partial charge in [0.25, 0.3) is 5.56 Å². The van der Waals surface area contributed by atoms with Crippen molar-refractivity contribution in [2.24, 2.45) is 0 Å². The zero-order valence-corrected chi connectivity index (χ0v) is 11.0. The van der Waals surface area contributed by atoms with Crippen LogP contribution >= 0.6 is 0 Å². The lowest BCUT2D eigenvalue weighted by atomic mass is 10.2. The molecule has 0 aromatic carbocycles. The first-order valence-corrected chi connectivity index (χ1v) is 6.10. The van der Waals surface area contributed by atoms with Gasteiger partial charge in [-0.3, -0.25) is 9.59 Å². The summed E-state index contributed by atoms with van der Waals surface area (Å²) in [5.41, 5.74) is -0.182. The van der Waals surface area contributed by atoms with Crippen LogP contribution in [0.5, 0.6) is 0 Å². The normalized spacial score (nSPS) is 19.3. The lowest BCUT2D eigenvalue weighted by molar-refractivity contribution is -0.144. The summed E-state index contributed by atoms with van der Waals surface area (Å²) in [6.45, 7) is 3.39. The molecule has 19 heavy (non-hydrogen) atoms. The number of esters is 1. The predicted molar refractivity (Wildman–Crippen MR) is 68.2 cm³/mol. The molecule has 2 heterocycles. The van der Waals surface area contributed by atoms with E-state index in [1.54, 1.807) is 6.92 Å². The maximum absolute atomic E-state index is 11.4. The molecule has 1 atom stereocenters. The zero-order chi connectivity index (χ0) is 13.8. The van der Waals surface area contributed by atoms with Gasteiger partial charge in [0.2, 0.25) is 0 Å². The molecule has 1 aromatic heterocycles. The summed E-state index contributed by atoms with van der Waals surface area (Å²) in [5.74, 6) is 0.875. The van der Waals surface area contributed by atoms with Crippen molar-refractivity contribution >= 4 is 11.8 Å². The predicted octanol–water partition coefficient (Wildman–Crippen LogP) is -0.153. The maximum Gasteiger partial charge on any atom is 0.308 e. The van der Waals surface area contributed by atoms with E-state index in [9.17, 15) is 9.59 Å². The Balaban J connectivity index is 2.08. The van der Waals surface area contributed by atoms with Crippen molar-refractivity contribution in [3.8, 4) is 0 Å². The molecule has 104 valence electrons. The summed E-state index contributed by atoms with van der Waals surface area (Å²) in [6, 6.07) is 1.45. The van der Waals surface area contributed by atoms with E-state index in [0.29, 0.717) is 31.3 Å². The molecule has 7 heteroatoms. The number of morpholine rings is 1. The molecule has 0 radical (unpaired) electrons. The second-order valence-corrected chi connectivity index (χ2v) is 4.41. The first kappa shape index (κ1) is 13.5. The molecule has 1 N–H and O–H groups in total. The second kappa shape index (κ2) is 5.83. The first-order chi connectivity index (χ1) is 9.08. The largest absolute Gasteiger partial charge is 0.469 e. The zero-order valence-electron chi connectivity index (χ0n) is 11.0. The molecule has 7 nitrogen and oxygen atoms in total. The minimum atomic E-state index is -0.304. The number of nitrogens with zero attached hydrogens (tertiary/aromatic N) is 2. The Bertz CT molecular complexity index is 514. The molecule has 0 aliphatic carbocycles. The average Bonchev–Trinajstić information content (AvgIpc) is 2.38. The Morgan fingerprint density at radius 1 is 1.68 bits per heavy atom. The number of carbonyl (C=O) groups excluding carboxylic acids is 1. The van der Waals surface area contributed by atoms with Crippen LogP contribution in [0.3, 0.4) is 0 Å². The monoisotopic (exact) mass is 267 g/mol. The number of nitrogens with one attached hydrogen (secondary N) is 1. The number of carbonyl (C=O) groups is 1. The van der Waals surface area contributed by atoms with E-state index in [4.69, 9.17) is 4.74 Å². The Labute approximate surface area is 110 Å². The van der Waals surface area contributed by atoms with E-state index in [1.807, 2.05) is 4.90 Å². The van der Waals surface area contributed by atoms with E-state index in [0.717, 1.165) is 0 Å². The van der Waals surface area contributed by atoms with Crippen LogP contribution in [-0.4, -0.2) is 48.8 Å². The third-order valence-corrected chi connectivity index (χ3v) is 2.93. The number of rotatable bonds is 3. The summed E-state index contributed by atoms with van der Waals surface area (Å²) >= 11 is 0. The van der Waals surface area contributed by atoms with Crippen LogP contribution < -0.4 is 10.5 Å². The van der Waals surface area contributed by atoms with Gasteiger partial charge in [-0.1, -0.05) is 0 Å². The minimum absolute atomic E-state index is 0.182. The summed E-state index contributed by atoms with van der Waals surface area (Å²) < 4.78 is 10.1. The number of hydrogen-bond acceptors (Lipinski definition) is 6. The quantitative estimate of drug-likeness (QED) is 0.766. The molecule has 1 aliphatic rings. The number of methoxy groups -OCH3 is 1. The summed E-state index contributed by atoms with van der Waals surface area (Å²) in [5, 5.41) is 0. The standard InChI is InChI=1S/C12H17N3O4/c1-8-13-10(6-11(16)14-8)15-3-4-19-9(7-15)5-12(17)18-2/h6,9H,3-5,7H2,1-2H3,(H,13,14,16). The molecular weight excluding hydrogens is 250 g/mol. The van der Waals surface area contributed by atoms with Crippen molar-refractivity contribution in [3.63, 3.8) is 0 Å². The summed E-state index contributed by atoms with van der Waals surface area (Å²) in [6.07, 6.45) is -0.0302. The number of aromatic amines is 1. The molecule has 1 saturated heterocycles. The molecule has 2 rings (SSSR count). The SMILES string of the molecule is COC(=O)CC1CN(c2cc(=O)[nH]c(C)n2)CCO1. The number of hydrogen-bond donors (Lipinski definition) is 1. The van der Waals surface area contributed by atoms with E-state index in [-0.39, 0.29) is 24.1 Å². The van der Waals surface area contributed by atoms with Gasteiger partial charge >= 0.3 is 5.97 Å². The topological polar surface area (TPSA) is 84.5 Å². The van der Waals surface area contributed by atoms with Crippen molar-refractivity contribution in [2.45, 2.75) is 19.4 Å². The third kappa shape index (κ3) is 3.54.